The van der Waals surface area contributed by atoms with Gasteiger partial charge in [0.1, 0.15) is 17.2 Å². The van der Waals surface area contributed by atoms with E-state index in [-0.39, 0.29) is 5.69 Å². The lowest BCUT2D eigenvalue weighted by Crippen LogP contribution is -2.14. The summed E-state index contributed by atoms with van der Waals surface area (Å²) in [7, 11) is 0. The highest BCUT2D eigenvalue weighted by Gasteiger charge is 2.09. The van der Waals surface area contributed by atoms with Crippen LogP contribution in [0.15, 0.2) is 67.0 Å². The Morgan fingerprint density at radius 2 is 1.87 bits per heavy atom. The van der Waals surface area contributed by atoms with Crippen molar-refractivity contribution in [3.63, 3.8) is 0 Å². The molecule has 0 saturated heterocycles. The summed E-state index contributed by atoms with van der Waals surface area (Å²) in [5.74, 6) is -0.0693. The third kappa shape index (κ3) is 3.88. The fraction of sp³-hybridized carbons (Fsp3) is 0. The van der Waals surface area contributed by atoms with E-state index in [0.717, 1.165) is 0 Å². The topological polar surface area (TPSA) is 64.1 Å². The van der Waals surface area contributed by atoms with E-state index in [1.54, 1.807) is 48.8 Å². The number of ether oxygens (including phenoxy) is 1. The van der Waals surface area contributed by atoms with E-state index in [2.05, 4.69) is 15.3 Å². The number of carbonyl (C=O) groups excluding carboxylic acids is 1. The van der Waals surface area contributed by atoms with Gasteiger partial charge in [-0.05, 0) is 36.4 Å². The van der Waals surface area contributed by atoms with Crippen molar-refractivity contribution in [2.24, 2.45) is 0 Å². The fourth-order valence-electron chi connectivity index (χ4n) is 1.91. The minimum absolute atomic E-state index is 0.00332. The molecule has 0 aliphatic rings. The molecule has 1 amide bonds. The molecule has 0 bridgehead atoms. The molecule has 6 heteroatoms. The van der Waals surface area contributed by atoms with Crippen LogP contribution >= 0.6 is 0 Å². The highest BCUT2D eigenvalue weighted by Crippen LogP contribution is 2.23. The number of carbonyl (C=O) groups is 1. The number of nitrogens with one attached hydrogen (secondary N) is 1. The van der Waals surface area contributed by atoms with E-state index in [4.69, 9.17) is 4.74 Å². The Morgan fingerprint density at radius 3 is 2.65 bits per heavy atom. The number of amides is 1. The molecule has 0 saturated carbocycles. The first-order valence-electron chi connectivity index (χ1n) is 6.82. The van der Waals surface area contributed by atoms with Crippen LogP contribution in [0.4, 0.5) is 10.1 Å². The first kappa shape index (κ1) is 14.6. The lowest BCUT2D eigenvalue weighted by atomic mass is 10.2. The number of halogens is 1. The highest BCUT2D eigenvalue weighted by atomic mass is 19.1. The zero-order chi connectivity index (χ0) is 16.1. The molecule has 0 aliphatic heterocycles. The van der Waals surface area contributed by atoms with Crippen molar-refractivity contribution in [1.82, 2.24) is 9.97 Å². The number of nitrogens with zero attached hydrogens (tertiary/aromatic N) is 2. The van der Waals surface area contributed by atoms with Crippen molar-refractivity contribution in [3.05, 3.63) is 78.6 Å². The number of pyridine rings is 2. The second-order valence-electron chi connectivity index (χ2n) is 4.62. The minimum Gasteiger partial charge on any atom is -0.456 e. The standard InChI is InChI=1S/C17H12FN3O2/c18-16-8-2-7-15(21-16)17(22)20-12-4-1-5-13(10-12)23-14-6-3-9-19-11-14/h1-11H,(H,20,22). The highest BCUT2D eigenvalue weighted by molar-refractivity contribution is 6.02. The van der Waals surface area contributed by atoms with E-state index >= 15 is 0 Å². The lowest BCUT2D eigenvalue weighted by Gasteiger charge is -2.08. The van der Waals surface area contributed by atoms with Crippen LogP contribution in [0.25, 0.3) is 0 Å². The smallest absolute Gasteiger partial charge is 0.274 e. The Labute approximate surface area is 131 Å². The molecule has 0 aliphatic carbocycles. The summed E-state index contributed by atoms with van der Waals surface area (Å²) in [4.78, 5) is 19.5. The Bertz CT molecular complexity index is 825. The summed E-state index contributed by atoms with van der Waals surface area (Å²) in [6, 6.07) is 14.4. The molecule has 0 atom stereocenters. The van der Waals surface area contributed by atoms with Gasteiger partial charge in [0.2, 0.25) is 5.95 Å². The molecule has 2 heterocycles. The van der Waals surface area contributed by atoms with E-state index in [0.29, 0.717) is 17.2 Å². The molecule has 1 aromatic carbocycles. The SMILES string of the molecule is O=C(Nc1cccc(Oc2cccnc2)c1)c1cccc(F)n1. The minimum atomic E-state index is -0.702. The van der Waals surface area contributed by atoms with Crippen LogP contribution in [0.3, 0.4) is 0 Å². The van der Waals surface area contributed by atoms with Gasteiger partial charge >= 0.3 is 0 Å². The van der Waals surface area contributed by atoms with E-state index in [9.17, 15) is 9.18 Å². The molecule has 0 radical (unpaired) electrons. The maximum atomic E-state index is 13.1. The largest absolute Gasteiger partial charge is 0.456 e. The van der Waals surface area contributed by atoms with Crippen molar-refractivity contribution in [2.45, 2.75) is 0 Å². The Hall–Kier alpha value is -3.28. The zero-order valence-corrected chi connectivity index (χ0v) is 11.9. The Kier molecular flexibility index (Phi) is 4.24. The van der Waals surface area contributed by atoms with Crippen molar-refractivity contribution < 1.29 is 13.9 Å². The zero-order valence-electron chi connectivity index (χ0n) is 11.9. The molecule has 3 rings (SSSR count). The van der Waals surface area contributed by atoms with Crippen LogP contribution in [0.1, 0.15) is 10.5 Å². The number of anilines is 1. The van der Waals surface area contributed by atoms with Crippen LogP contribution in [-0.2, 0) is 0 Å². The summed E-state index contributed by atoms with van der Waals surface area (Å²) in [5, 5.41) is 2.65. The van der Waals surface area contributed by atoms with Gasteiger partial charge in [-0.3, -0.25) is 9.78 Å². The number of rotatable bonds is 4. The predicted octanol–water partition coefficient (Wildman–Crippen LogP) is 3.66. The van der Waals surface area contributed by atoms with Crippen LogP contribution in [0.5, 0.6) is 11.5 Å². The monoisotopic (exact) mass is 309 g/mol. The van der Waals surface area contributed by atoms with Gasteiger partial charge in [0, 0.05) is 18.0 Å². The molecular weight excluding hydrogens is 297 g/mol. The summed E-state index contributed by atoms with van der Waals surface area (Å²) in [6.45, 7) is 0. The fourth-order valence-corrected chi connectivity index (χ4v) is 1.91. The number of aromatic nitrogens is 2. The van der Waals surface area contributed by atoms with Crippen molar-refractivity contribution in [1.29, 1.82) is 0 Å². The van der Waals surface area contributed by atoms with Crippen LogP contribution in [-0.4, -0.2) is 15.9 Å². The van der Waals surface area contributed by atoms with Gasteiger partial charge in [-0.1, -0.05) is 12.1 Å². The van der Waals surface area contributed by atoms with Gasteiger partial charge in [0.05, 0.1) is 6.20 Å². The maximum Gasteiger partial charge on any atom is 0.274 e. The quantitative estimate of drug-likeness (QED) is 0.747. The predicted molar refractivity (Wildman–Crippen MR) is 82.9 cm³/mol. The van der Waals surface area contributed by atoms with E-state index in [1.165, 1.54) is 18.2 Å². The van der Waals surface area contributed by atoms with E-state index < -0.39 is 11.9 Å². The number of hydrogen-bond acceptors (Lipinski definition) is 4. The first-order chi connectivity index (χ1) is 11.2. The van der Waals surface area contributed by atoms with Crippen molar-refractivity contribution >= 4 is 11.6 Å². The number of hydrogen-bond donors (Lipinski definition) is 1. The lowest BCUT2D eigenvalue weighted by molar-refractivity contribution is 0.102. The van der Waals surface area contributed by atoms with Gasteiger partial charge in [-0.15, -0.1) is 0 Å². The third-order valence-corrected chi connectivity index (χ3v) is 2.91. The van der Waals surface area contributed by atoms with Gasteiger partial charge in [0.25, 0.3) is 5.91 Å². The van der Waals surface area contributed by atoms with Gasteiger partial charge in [-0.25, -0.2) is 4.98 Å². The van der Waals surface area contributed by atoms with E-state index in [1.807, 2.05) is 0 Å². The summed E-state index contributed by atoms with van der Waals surface area (Å²) >= 11 is 0. The van der Waals surface area contributed by atoms with Crippen molar-refractivity contribution in [2.75, 3.05) is 5.32 Å². The molecule has 114 valence electrons. The first-order valence-corrected chi connectivity index (χ1v) is 6.82. The molecule has 0 spiro atoms. The maximum absolute atomic E-state index is 13.1. The second-order valence-corrected chi connectivity index (χ2v) is 4.62. The summed E-state index contributed by atoms with van der Waals surface area (Å²) < 4.78 is 18.7. The van der Waals surface area contributed by atoms with Gasteiger partial charge < -0.3 is 10.1 Å². The van der Waals surface area contributed by atoms with Crippen molar-refractivity contribution in [3.8, 4) is 11.5 Å². The normalized spacial score (nSPS) is 10.1. The molecule has 1 N–H and O–H groups in total. The molecule has 0 fully saturated rings. The molecule has 0 unspecified atom stereocenters. The second kappa shape index (κ2) is 6.65. The summed E-state index contributed by atoms with van der Waals surface area (Å²) in [6.07, 6.45) is 3.23. The third-order valence-electron chi connectivity index (χ3n) is 2.91. The van der Waals surface area contributed by atoms with Crippen LogP contribution in [0, 0.1) is 5.95 Å². The van der Waals surface area contributed by atoms with Gasteiger partial charge in [0.15, 0.2) is 0 Å². The molecule has 3 aromatic rings. The van der Waals surface area contributed by atoms with Crippen LogP contribution in [0.2, 0.25) is 0 Å². The Morgan fingerprint density at radius 1 is 1.04 bits per heavy atom. The molecule has 23 heavy (non-hydrogen) atoms. The average molecular weight is 309 g/mol. The molecule has 5 nitrogen and oxygen atoms in total. The Balaban J connectivity index is 1.74. The summed E-state index contributed by atoms with van der Waals surface area (Å²) in [5.41, 5.74) is 0.519. The van der Waals surface area contributed by atoms with Crippen LogP contribution < -0.4 is 10.1 Å². The average Bonchev–Trinajstić information content (AvgIpc) is 2.56. The molecular formula is C17H12FN3O2. The number of benzene rings is 1. The van der Waals surface area contributed by atoms with Gasteiger partial charge in [-0.2, -0.15) is 4.39 Å². The molecule has 2 aromatic heterocycles.